The fourth-order valence-electron chi connectivity index (χ4n) is 9.55. The van der Waals surface area contributed by atoms with E-state index in [1.54, 1.807) is 0 Å². The summed E-state index contributed by atoms with van der Waals surface area (Å²) < 4.78 is 0. The van der Waals surface area contributed by atoms with Crippen molar-refractivity contribution in [3.05, 3.63) is 0 Å². The second kappa shape index (κ2) is 15.3. The zero-order chi connectivity index (χ0) is 28.7. The second-order valence-corrected chi connectivity index (χ2v) is 16.3. The molecule has 0 spiro atoms. The van der Waals surface area contributed by atoms with Gasteiger partial charge in [-0.3, -0.25) is 0 Å². The zero-order valence-corrected chi connectivity index (χ0v) is 28.7. The van der Waals surface area contributed by atoms with Gasteiger partial charge in [0, 0.05) is 0 Å². The number of rotatable bonds is 14. The van der Waals surface area contributed by atoms with E-state index < -0.39 is 0 Å². The van der Waals surface area contributed by atoms with Crippen LogP contribution in [0.15, 0.2) is 0 Å². The Hall–Kier alpha value is 0. The summed E-state index contributed by atoms with van der Waals surface area (Å²) in [6.45, 7) is 30.7. The second-order valence-electron chi connectivity index (χ2n) is 16.3. The van der Waals surface area contributed by atoms with E-state index in [0.717, 1.165) is 59.2 Å². The lowest BCUT2D eigenvalue weighted by Crippen LogP contribution is -2.40. The zero-order valence-electron chi connectivity index (χ0n) is 28.7. The first-order valence-electron chi connectivity index (χ1n) is 17.9. The molecule has 0 heterocycles. The van der Waals surface area contributed by atoms with E-state index in [-0.39, 0.29) is 0 Å². The quantitative estimate of drug-likeness (QED) is 0.209. The molecule has 2 aliphatic rings. The first kappa shape index (κ1) is 34.2. The van der Waals surface area contributed by atoms with Gasteiger partial charge in [-0.25, -0.2) is 0 Å². The van der Waals surface area contributed by atoms with Gasteiger partial charge in [0.05, 0.1) is 0 Å². The van der Waals surface area contributed by atoms with Crippen LogP contribution in [0.5, 0.6) is 0 Å². The Morgan fingerprint density at radius 3 is 2.05 bits per heavy atom. The molecule has 0 aliphatic heterocycles. The molecule has 0 heteroatoms. The molecule has 0 N–H and O–H groups in total. The van der Waals surface area contributed by atoms with E-state index in [1.807, 2.05) is 0 Å². The molecule has 0 bridgehead atoms. The Morgan fingerprint density at radius 2 is 1.50 bits per heavy atom. The van der Waals surface area contributed by atoms with Crippen molar-refractivity contribution in [2.24, 2.45) is 70.0 Å². The number of hydrogen-bond donors (Lipinski definition) is 0. The molecule has 0 aromatic carbocycles. The van der Waals surface area contributed by atoms with Gasteiger partial charge < -0.3 is 0 Å². The lowest BCUT2D eigenvalue weighted by Gasteiger charge is -2.49. The van der Waals surface area contributed by atoms with Gasteiger partial charge in [0.25, 0.3) is 0 Å². The molecule has 0 amide bonds. The van der Waals surface area contributed by atoms with Gasteiger partial charge in [-0.2, -0.15) is 0 Å². The monoisotopic (exact) mass is 531 g/mol. The maximum atomic E-state index is 2.68. The maximum Gasteiger partial charge on any atom is -0.0326 e. The first-order chi connectivity index (χ1) is 17.9. The van der Waals surface area contributed by atoms with Gasteiger partial charge >= 0.3 is 0 Å². The maximum absolute atomic E-state index is 2.68. The van der Waals surface area contributed by atoms with Gasteiger partial charge in [0.15, 0.2) is 0 Å². The summed E-state index contributed by atoms with van der Waals surface area (Å²) >= 11 is 0. The normalized spacial score (nSPS) is 36.2. The molecule has 2 rings (SSSR count). The van der Waals surface area contributed by atoms with Crippen LogP contribution >= 0.6 is 0 Å². The van der Waals surface area contributed by atoms with Crippen LogP contribution in [0, 0.1) is 70.0 Å². The summed E-state index contributed by atoms with van der Waals surface area (Å²) in [5.74, 6) is 9.08. The van der Waals surface area contributed by atoms with Crippen LogP contribution in [0.1, 0.15) is 173 Å². The van der Waals surface area contributed by atoms with Gasteiger partial charge in [-0.15, -0.1) is 0 Å². The molecule has 2 fully saturated rings. The SMILES string of the molecule is CCCCC(CC)CC(CC)C1CC(C)C(C(C2CCC(C)(CC)CC(C)C(C)(C)C2)C(C)C(C)CC)C1. The molecule has 2 aliphatic carbocycles. The van der Waals surface area contributed by atoms with Crippen LogP contribution in [-0.4, -0.2) is 0 Å². The van der Waals surface area contributed by atoms with Gasteiger partial charge in [-0.1, -0.05) is 128 Å². The highest BCUT2D eigenvalue weighted by Crippen LogP contribution is 2.56. The van der Waals surface area contributed by atoms with Crippen LogP contribution < -0.4 is 0 Å². The largest absolute Gasteiger partial charge is 0.0654 e. The summed E-state index contributed by atoms with van der Waals surface area (Å²) in [5.41, 5.74) is 0.986. The molecule has 0 aromatic heterocycles. The van der Waals surface area contributed by atoms with Crippen LogP contribution in [0.4, 0.5) is 0 Å². The van der Waals surface area contributed by atoms with Crippen molar-refractivity contribution in [1.29, 1.82) is 0 Å². The van der Waals surface area contributed by atoms with Crippen molar-refractivity contribution in [2.45, 2.75) is 173 Å². The summed E-state index contributed by atoms with van der Waals surface area (Å²) in [5, 5.41) is 0. The minimum atomic E-state index is 0.454. The van der Waals surface area contributed by atoms with Crippen molar-refractivity contribution in [3.63, 3.8) is 0 Å². The molecule has 0 radical (unpaired) electrons. The predicted molar refractivity (Wildman–Crippen MR) is 172 cm³/mol. The summed E-state index contributed by atoms with van der Waals surface area (Å²) in [7, 11) is 0. The molecule has 11 unspecified atom stereocenters. The van der Waals surface area contributed by atoms with E-state index in [0.29, 0.717) is 10.8 Å². The van der Waals surface area contributed by atoms with E-state index in [2.05, 4.69) is 83.1 Å². The van der Waals surface area contributed by atoms with Crippen molar-refractivity contribution in [1.82, 2.24) is 0 Å². The van der Waals surface area contributed by atoms with Crippen molar-refractivity contribution in [2.75, 3.05) is 0 Å². The van der Waals surface area contributed by atoms with Crippen LogP contribution in [0.3, 0.4) is 0 Å². The molecule has 2 saturated carbocycles. The molecule has 0 saturated heterocycles. The Bertz CT molecular complexity index is 646. The third kappa shape index (κ3) is 8.75. The average molecular weight is 531 g/mol. The Morgan fingerprint density at radius 1 is 0.816 bits per heavy atom. The highest BCUT2D eigenvalue weighted by atomic mass is 14.5. The Balaban J connectivity index is 2.35. The standard InChI is InChI=1S/C38H74/c1-13-18-19-31(15-3)23-32(16-4)34-22-28(7)35(24-34)36(30(9)27(6)14-2)33-20-21-38(12,17-5)25-29(8)37(10,11)26-33/h27-36H,13-26H2,1-12H3. The summed E-state index contributed by atoms with van der Waals surface area (Å²) in [6, 6.07) is 0. The molecular formula is C38H74. The minimum Gasteiger partial charge on any atom is -0.0654 e. The molecule has 0 nitrogen and oxygen atoms in total. The number of unbranched alkanes of at least 4 members (excludes halogenated alkanes) is 1. The van der Waals surface area contributed by atoms with E-state index in [1.165, 1.54) is 89.9 Å². The van der Waals surface area contributed by atoms with E-state index in [4.69, 9.17) is 0 Å². The fourth-order valence-corrected chi connectivity index (χ4v) is 9.55. The smallest absolute Gasteiger partial charge is 0.0326 e. The lowest BCUT2D eigenvalue weighted by atomic mass is 9.56. The summed E-state index contributed by atoms with van der Waals surface area (Å²) in [4.78, 5) is 0. The predicted octanol–water partition coefficient (Wildman–Crippen LogP) is 12.8. The Kier molecular flexibility index (Phi) is 13.8. The van der Waals surface area contributed by atoms with Crippen molar-refractivity contribution >= 4 is 0 Å². The van der Waals surface area contributed by atoms with E-state index in [9.17, 15) is 0 Å². The fraction of sp³-hybridized carbons (Fsp3) is 1.00. The highest BCUT2D eigenvalue weighted by molar-refractivity contribution is 4.97. The number of hydrogen-bond acceptors (Lipinski definition) is 0. The minimum absolute atomic E-state index is 0.454. The molecule has 11 atom stereocenters. The Labute approximate surface area is 242 Å². The topological polar surface area (TPSA) is 0 Å². The van der Waals surface area contributed by atoms with Gasteiger partial charge in [-0.05, 0) is 115 Å². The third-order valence-corrected chi connectivity index (χ3v) is 13.4. The van der Waals surface area contributed by atoms with Crippen molar-refractivity contribution < 1.29 is 0 Å². The molecule has 0 aromatic rings. The third-order valence-electron chi connectivity index (χ3n) is 13.4. The van der Waals surface area contributed by atoms with Crippen LogP contribution in [-0.2, 0) is 0 Å². The molecule has 38 heavy (non-hydrogen) atoms. The van der Waals surface area contributed by atoms with Crippen LogP contribution in [0.2, 0.25) is 0 Å². The van der Waals surface area contributed by atoms with Gasteiger partial charge in [0.1, 0.15) is 0 Å². The van der Waals surface area contributed by atoms with E-state index >= 15 is 0 Å². The van der Waals surface area contributed by atoms with Gasteiger partial charge in [0.2, 0.25) is 0 Å². The molecule has 226 valence electrons. The highest BCUT2D eigenvalue weighted by Gasteiger charge is 2.47. The first-order valence-corrected chi connectivity index (χ1v) is 17.9. The summed E-state index contributed by atoms with van der Waals surface area (Å²) in [6.07, 6.45) is 20.1. The van der Waals surface area contributed by atoms with Crippen LogP contribution in [0.25, 0.3) is 0 Å². The molecular weight excluding hydrogens is 456 g/mol. The van der Waals surface area contributed by atoms with Crippen molar-refractivity contribution in [3.8, 4) is 0 Å². The average Bonchev–Trinajstić information content (AvgIpc) is 3.26. The lowest BCUT2D eigenvalue weighted by molar-refractivity contribution is 0.00790.